The molecule has 0 saturated carbocycles. The van der Waals surface area contributed by atoms with Crippen molar-refractivity contribution in [2.24, 2.45) is 11.8 Å². The highest BCUT2D eigenvalue weighted by molar-refractivity contribution is 5.93. The molecule has 0 aromatic carbocycles. The minimum Gasteiger partial charge on any atom is -0.396 e. The van der Waals surface area contributed by atoms with Crippen LogP contribution in [0.25, 0.3) is 0 Å². The van der Waals surface area contributed by atoms with Gasteiger partial charge in [0.1, 0.15) is 0 Å². The summed E-state index contributed by atoms with van der Waals surface area (Å²) >= 11 is 0. The Morgan fingerprint density at radius 2 is 1.88 bits per heavy atom. The highest BCUT2D eigenvalue weighted by atomic mass is 16.3. The molecule has 140 valence electrons. The lowest BCUT2D eigenvalue weighted by molar-refractivity contribution is 0.0779. The third-order valence-electron chi connectivity index (χ3n) is 5.67. The fraction of sp³-hybridized carbons (Fsp3) is 0.789. The van der Waals surface area contributed by atoms with Crippen LogP contribution in [0.1, 0.15) is 55.9 Å². The molecule has 1 aromatic heterocycles. The van der Waals surface area contributed by atoms with E-state index in [9.17, 15) is 9.90 Å². The van der Waals surface area contributed by atoms with E-state index >= 15 is 0 Å². The Kier molecular flexibility index (Phi) is 6.12. The predicted octanol–water partition coefficient (Wildman–Crippen LogP) is 2.02. The molecular formula is C19H32N4O2. The Hall–Kier alpha value is -1.40. The number of amides is 1. The van der Waals surface area contributed by atoms with Gasteiger partial charge >= 0.3 is 0 Å². The van der Waals surface area contributed by atoms with Crippen LogP contribution in [0, 0.1) is 11.8 Å². The van der Waals surface area contributed by atoms with Gasteiger partial charge in [-0.2, -0.15) is 5.10 Å². The van der Waals surface area contributed by atoms with Gasteiger partial charge in [0.05, 0.1) is 11.8 Å². The van der Waals surface area contributed by atoms with Crippen molar-refractivity contribution in [3.05, 3.63) is 18.0 Å². The molecule has 2 saturated heterocycles. The van der Waals surface area contributed by atoms with E-state index in [1.807, 2.05) is 15.8 Å². The van der Waals surface area contributed by atoms with E-state index in [1.54, 1.807) is 6.20 Å². The number of rotatable bonds is 5. The third-order valence-corrected chi connectivity index (χ3v) is 5.67. The lowest BCUT2D eigenvalue weighted by Gasteiger charge is -2.26. The van der Waals surface area contributed by atoms with Gasteiger partial charge in [-0.15, -0.1) is 0 Å². The maximum Gasteiger partial charge on any atom is 0.257 e. The number of nitrogens with zero attached hydrogens (tertiary/aromatic N) is 4. The average Bonchev–Trinajstić information content (AvgIpc) is 3.16. The highest BCUT2D eigenvalue weighted by Gasteiger charge is 2.36. The first-order valence-corrected chi connectivity index (χ1v) is 9.75. The van der Waals surface area contributed by atoms with Crippen LogP contribution in [0.2, 0.25) is 0 Å². The van der Waals surface area contributed by atoms with Crippen LogP contribution in [0.3, 0.4) is 0 Å². The van der Waals surface area contributed by atoms with Crippen LogP contribution in [0.4, 0.5) is 0 Å². The Bertz CT molecular complexity index is 564. The molecule has 6 heteroatoms. The molecule has 3 rings (SSSR count). The minimum atomic E-state index is 0.0451. The zero-order chi connectivity index (χ0) is 17.8. The largest absolute Gasteiger partial charge is 0.396 e. The maximum absolute atomic E-state index is 12.8. The topological polar surface area (TPSA) is 61.6 Å². The number of carbonyl (C=O) groups is 1. The lowest BCUT2D eigenvalue weighted by Crippen LogP contribution is -2.35. The molecule has 0 aliphatic carbocycles. The van der Waals surface area contributed by atoms with Crippen LogP contribution in [-0.2, 0) is 0 Å². The van der Waals surface area contributed by atoms with Gasteiger partial charge in [-0.1, -0.05) is 12.8 Å². The number of aliphatic hydroxyl groups excluding tert-OH is 1. The Morgan fingerprint density at radius 1 is 1.20 bits per heavy atom. The van der Waals surface area contributed by atoms with Crippen LogP contribution in [0.15, 0.2) is 12.4 Å². The number of hydrogen-bond donors (Lipinski definition) is 1. The molecule has 0 spiro atoms. The molecule has 0 unspecified atom stereocenters. The van der Waals surface area contributed by atoms with Crippen LogP contribution in [0.5, 0.6) is 0 Å². The Morgan fingerprint density at radius 3 is 2.48 bits per heavy atom. The average molecular weight is 348 g/mol. The van der Waals surface area contributed by atoms with Gasteiger partial charge in [0.25, 0.3) is 5.91 Å². The molecule has 6 nitrogen and oxygen atoms in total. The second kappa shape index (κ2) is 8.32. The lowest BCUT2D eigenvalue weighted by atomic mass is 9.96. The number of likely N-dealkylation sites (tertiary alicyclic amines) is 2. The van der Waals surface area contributed by atoms with E-state index in [2.05, 4.69) is 23.8 Å². The van der Waals surface area contributed by atoms with Crippen LogP contribution >= 0.6 is 0 Å². The summed E-state index contributed by atoms with van der Waals surface area (Å²) in [7, 11) is 0. The first-order chi connectivity index (χ1) is 12.1. The first-order valence-electron chi connectivity index (χ1n) is 9.75. The zero-order valence-corrected chi connectivity index (χ0v) is 15.6. The molecule has 2 aliphatic rings. The SMILES string of the molecule is CC(C)n1cc(C(=O)N2C[C@@H](CN3CCCCCC3)[C@@H](CO)C2)cn1. The van der Waals surface area contributed by atoms with Crippen molar-refractivity contribution in [3.8, 4) is 0 Å². The molecule has 1 amide bonds. The molecule has 0 radical (unpaired) electrons. The summed E-state index contributed by atoms with van der Waals surface area (Å²) in [6, 6.07) is 0.251. The van der Waals surface area contributed by atoms with Crippen LogP contribution in [-0.4, -0.2) is 69.9 Å². The van der Waals surface area contributed by atoms with E-state index in [0.717, 1.165) is 26.2 Å². The molecule has 2 fully saturated rings. The normalized spacial score (nSPS) is 25.5. The highest BCUT2D eigenvalue weighted by Crippen LogP contribution is 2.26. The summed E-state index contributed by atoms with van der Waals surface area (Å²) < 4.78 is 1.82. The summed E-state index contributed by atoms with van der Waals surface area (Å²) in [5.74, 6) is 0.600. The van der Waals surface area contributed by atoms with E-state index in [-0.39, 0.29) is 24.5 Å². The number of aliphatic hydroxyl groups is 1. The predicted molar refractivity (Wildman–Crippen MR) is 97.5 cm³/mol. The Labute approximate surface area is 150 Å². The smallest absolute Gasteiger partial charge is 0.257 e. The zero-order valence-electron chi connectivity index (χ0n) is 15.6. The summed E-state index contributed by atoms with van der Waals surface area (Å²) in [5, 5.41) is 14.1. The number of aromatic nitrogens is 2. The van der Waals surface area contributed by atoms with Crippen molar-refractivity contribution < 1.29 is 9.90 Å². The fourth-order valence-corrected chi connectivity index (χ4v) is 4.08. The van der Waals surface area contributed by atoms with Gasteiger partial charge in [-0.3, -0.25) is 9.48 Å². The second-order valence-electron chi connectivity index (χ2n) is 7.93. The van der Waals surface area contributed by atoms with Crippen molar-refractivity contribution in [1.82, 2.24) is 19.6 Å². The maximum atomic E-state index is 12.8. The quantitative estimate of drug-likeness (QED) is 0.884. The van der Waals surface area contributed by atoms with E-state index in [1.165, 1.54) is 25.7 Å². The van der Waals surface area contributed by atoms with Gasteiger partial charge in [0.2, 0.25) is 0 Å². The molecule has 2 aliphatic heterocycles. The van der Waals surface area contributed by atoms with Crippen molar-refractivity contribution in [3.63, 3.8) is 0 Å². The standard InChI is InChI=1S/C19H32N4O2/c1-15(2)23-13-16(9-20-23)19(25)22-11-17(18(12-22)14-24)10-21-7-5-3-4-6-8-21/h9,13,15,17-18,24H,3-8,10-12,14H2,1-2H3/t17-,18-/m1/s1. The molecule has 1 aromatic rings. The van der Waals surface area contributed by atoms with E-state index in [4.69, 9.17) is 0 Å². The fourth-order valence-electron chi connectivity index (χ4n) is 4.08. The summed E-state index contributed by atoms with van der Waals surface area (Å²) in [4.78, 5) is 17.3. The molecule has 2 atom stereocenters. The summed E-state index contributed by atoms with van der Waals surface area (Å²) in [6.45, 7) is 8.97. The van der Waals surface area contributed by atoms with Gasteiger partial charge < -0.3 is 14.9 Å². The summed E-state index contributed by atoms with van der Waals surface area (Å²) in [6.07, 6.45) is 8.70. The van der Waals surface area contributed by atoms with Gasteiger partial charge in [-0.25, -0.2) is 0 Å². The molecule has 3 heterocycles. The van der Waals surface area contributed by atoms with Gasteiger partial charge in [0, 0.05) is 44.4 Å². The minimum absolute atomic E-state index is 0.0451. The number of carbonyl (C=O) groups excluding carboxylic acids is 1. The monoisotopic (exact) mass is 348 g/mol. The number of hydrogen-bond acceptors (Lipinski definition) is 4. The Balaban J connectivity index is 1.62. The third kappa shape index (κ3) is 4.42. The molecule has 0 bridgehead atoms. The molecule has 1 N–H and O–H groups in total. The van der Waals surface area contributed by atoms with Crippen LogP contribution < -0.4 is 0 Å². The molecular weight excluding hydrogens is 316 g/mol. The van der Waals surface area contributed by atoms with Crippen molar-refractivity contribution in [2.45, 2.75) is 45.6 Å². The van der Waals surface area contributed by atoms with E-state index in [0.29, 0.717) is 18.0 Å². The molecule has 25 heavy (non-hydrogen) atoms. The van der Waals surface area contributed by atoms with Crippen molar-refractivity contribution >= 4 is 5.91 Å². The van der Waals surface area contributed by atoms with Gasteiger partial charge in [0.15, 0.2) is 0 Å². The van der Waals surface area contributed by atoms with Crippen molar-refractivity contribution in [2.75, 3.05) is 39.3 Å². The van der Waals surface area contributed by atoms with Crippen molar-refractivity contribution in [1.29, 1.82) is 0 Å². The van der Waals surface area contributed by atoms with E-state index < -0.39 is 0 Å². The first kappa shape index (κ1) is 18.4. The summed E-state index contributed by atoms with van der Waals surface area (Å²) in [5.41, 5.74) is 0.654. The van der Waals surface area contributed by atoms with Gasteiger partial charge in [-0.05, 0) is 45.7 Å². The second-order valence-corrected chi connectivity index (χ2v) is 7.93.